The van der Waals surface area contributed by atoms with Crippen molar-refractivity contribution in [1.82, 2.24) is 19.7 Å². The summed E-state index contributed by atoms with van der Waals surface area (Å²) < 4.78 is 20.8. The van der Waals surface area contributed by atoms with Gasteiger partial charge in [-0.05, 0) is 18.2 Å². The van der Waals surface area contributed by atoms with Crippen LogP contribution in [0.15, 0.2) is 58.6 Å². The SMILES string of the molecule is CN(Cc1ccccc1F)C(=O)CSc1nncn1Cc1ccco1. The summed E-state index contributed by atoms with van der Waals surface area (Å²) in [5.74, 6) is 0.556. The Morgan fingerprint density at radius 3 is 2.92 bits per heavy atom. The Kier molecular flexibility index (Phi) is 5.49. The number of thioether (sulfide) groups is 1. The van der Waals surface area contributed by atoms with Gasteiger partial charge in [0.05, 0.1) is 18.6 Å². The van der Waals surface area contributed by atoms with Gasteiger partial charge in [-0.1, -0.05) is 30.0 Å². The largest absolute Gasteiger partial charge is 0.467 e. The monoisotopic (exact) mass is 360 g/mol. The first-order valence-electron chi connectivity index (χ1n) is 7.64. The average Bonchev–Trinajstić information content (AvgIpc) is 3.27. The van der Waals surface area contributed by atoms with E-state index in [1.165, 1.54) is 22.7 Å². The molecule has 2 aromatic heterocycles. The van der Waals surface area contributed by atoms with Crippen LogP contribution in [0.1, 0.15) is 11.3 Å². The quantitative estimate of drug-likeness (QED) is 0.606. The fourth-order valence-corrected chi connectivity index (χ4v) is 3.10. The number of aromatic nitrogens is 3. The molecule has 3 rings (SSSR count). The molecule has 0 saturated heterocycles. The van der Waals surface area contributed by atoms with Gasteiger partial charge in [-0.25, -0.2) is 4.39 Å². The number of hydrogen-bond donors (Lipinski definition) is 0. The molecule has 6 nitrogen and oxygen atoms in total. The van der Waals surface area contributed by atoms with Gasteiger partial charge in [-0.15, -0.1) is 10.2 Å². The number of furan rings is 1. The minimum Gasteiger partial charge on any atom is -0.467 e. The van der Waals surface area contributed by atoms with E-state index in [4.69, 9.17) is 4.42 Å². The molecular weight excluding hydrogens is 343 g/mol. The molecule has 8 heteroatoms. The van der Waals surface area contributed by atoms with E-state index in [0.717, 1.165) is 5.76 Å². The summed E-state index contributed by atoms with van der Waals surface area (Å²) >= 11 is 1.29. The van der Waals surface area contributed by atoms with Crippen LogP contribution in [0, 0.1) is 5.82 Å². The van der Waals surface area contributed by atoms with Gasteiger partial charge in [0.15, 0.2) is 5.16 Å². The second-order valence-corrected chi connectivity index (χ2v) is 6.39. The van der Waals surface area contributed by atoms with Crippen molar-refractivity contribution in [1.29, 1.82) is 0 Å². The highest BCUT2D eigenvalue weighted by Crippen LogP contribution is 2.18. The predicted molar refractivity (Wildman–Crippen MR) is 91.4 cm³/mol. The van der Waals surface area contributed by atoms with Crippen molar-refractivity contribution in [3.8, 4) is 0 Å². The minimum atomic E-state index is -0.312. The third-order valence-corrected chi connectivity index (χ3v) is 4.57. The molecule has 0 spiro atoms. The predicted octanol–water partition coefficient (Wildman–Crippen LogP) is 2.81. The number of halogens is 1. The van der Waals surface area contributed by atoms with Crippen molar-refractivity contribution in [2.45, 2.75) is 18.2 Å². The number of nitrogens with zero attached hydrogens (tertiary/aromatic N) is 4. The Labute approximate surface area is 148 Å². The lowest BCUT2D eigenvalue weighted by molar-refractivity contribution is -0.127. The van der Waals surface area contributed by atoms with Crippen LogP contribution in [0.2, 0.25) is 0 Å². The summed E-state index contributed by atoms with van der Waals surface area (Å²) in [6.45, 7) is 0.729. The first-order chi connectivity index (χ1) is 12.1. The van der Waals surface area contributed by atoms with Crippen molar-refractivity contribution in [2.24, 2.45) is 0 Å². The van der Waals surface area contributed by atoms with Crippen LogP contribution in [0.4, 0.5) is 4.39 Å². The fraction of sp³-hybridized carbons (Fsp3) is 0.235. The summed E-state index contributed by atoms with van der Waals surface area (Å²) in [6, 6.07) is 10.1. The van der Waals surface area contributed by atoms with E-state index in [1.807, 2.05) is 16.7 Å². The number of carbonyl (C=O) groups is 1. The molecule has 1 amide bonds. The van der Waals surface area contributed by atoms with E-state index in [1.54, 1.807) is 37.8 Å². The van der Waals surface area contributed by atoms with Gasteiger partial charge in [0.25, 0.3) is 0 Å². The third kappa shape index (κ3) is 4.48. The van der Waals surface area contributed by atoms with Crippen LogP contribution in [-0.2, 0) is 17.9 Å². The van der Waals surface area contributed by atoms with Crippen molar-refractivity contribution in [3.05, 3.63) is 66.1 Å². The lowest BCUT2D eigenvalue weighted by atomic mass is 10.2. The molecule has 0 N–H and O–H groups in total. The summed E-state index contributed by atoms with van der Waals surface area (Å²) in [5, 5.41) is 8.54. The fourth-order valence-electron chi connectivity index (χ4n) is 2.24. The molecule has 0 radical (unpaired) electrons. The van der Waals surface area contributed by atoms with Crippen LogP contribution < -0.4 is 0 Å². The highest BCUT2D eigenvalue weighted by Gasteiger charge is 2.14. The maximum Gasteiger partial charge on any atom is 0.233 e. The molecular formula is C17H17FN4O2S. The van der Waals surface area contributed by atoms with E-state index in [0.29, 0.717) is 17.3 Å². The molecule has 0 fully saturated rings. The molecule has 0 saturated carbocycles. The second-order valence-electron chi connectivity index (χ2n) is 5.45. The van der Waals surface area contributed by atoms with Gasteiger partial charge >= 0.3 is 0 Å². The molecule has 0 aliphatic rings. The Hall–Kier alpha value is -2.61. The zero-order valence-corrected chi connectivity index (χ0v) is 14.4. The summed E-state index contributed by atoms with van der Waals surface area (Å²) in [4.78, 5) is 13.8. The minimum absolute atomic E-state index is 0.110. The number of benzene rings is 1. The molecule has 25 heavy (non-hydrogen) atoms. The molecule has 2 heterocycles. The smallest absolute Gasteiger partial charge is 0.233 e. The van der Waals surface area contributed by atoms with Crippen LogP contribution in [0.3, 0.4) is 0 Å². The molecule has 0 atom stereocenters. The van der Waals surface area contributed by atoms with E-state index in [2.05, 4.69) is 10.2 Å². The van der Waals surface area contributed by atoms with Crippen LogP contribution in [0.5, 0.6) is 0 Å². The zero-order valence-electron chi connectivity index (χ0n) is 13.6. The Morgan fingerprint density at radius 1 is 1.32 bits per heavy atom. The standard InChI is InChI=1S/C17H17FN4O2S/c1-21(9-13-5-2-3-7-15(13)18)16(23)11-25-17-20-19-12-22(17)10-14-6-4-8-24-14/h2-8,12H,9-11H2,1H3. The summed E-state index contributed by atoms with van der Waals surface area (Å²) in [7, 11) is 1.66. The highest BCUT2D eigenvalue weighted by atomic mass is 32.2. The van der Waals surface area contributed by atoms with Gasteiger partial charge in [-0.3, -0.25) is 4.79 Å². The first-order valence-corrected chi connectivity index (χ1v) is 8.62. The number of hydrogen-bond acceptors (Lipinski definition) is 5. The Bertz CT molecular complexity index is 835. The average molecular weight is 360 g/mol. The van der Waals surface area contributed by atoms with E-state index in [9.17, 15) is 9.18 Å². The van der Waals surface area contributed by atoms with E-state index < -0.39 is 0 Å². The highest BCUT2D eigenvalue weighted by molar-refractivity contribution is 7.99. The molecule has 130 valence electrons. The van der Waals surface area contributed by atoms with E-state index >= 15 is 0 Å². The maximum absolute atomic E-state index is 13.7. The summed E-state index contributed by atoms with van der Waals surface area (Å²) in [5.41, 5.74) is 0.490. The normalized spacial score (nSPS) is 10.8. The van der Waals surface area contributed by atoms with Gasteiger partial charge in [0.2, 0.25) is 5.91 Å². The summed E-state index contributed by atoms with van der Waals surface area (Å²) in [6.07, 6.45) is 3.20. The number of amides is 1. The van der Waals surface area contributed by atoms with Crippen LogP contribution in [-0.4, -0.2) is 38.4 Å². The van der Waals surface area contributed by atoms with Crippen molar-refractivity contribution in [2.75, 3.05) is 12.8 Å². The van der Waals surface area contributed by atoms with Crippen molar-refractivity contribution >= 4 is 17.7 Å². The number of rotatable bonds is 7. The lowest BCUT2D eigenvalue weighted by Gasteiger charge is -2.17. The molecule has 1 aromatic carbocycles. The molecule has 0 bridgehead atoms. The van der Waals surface area contributed by atoms with Gasteiger partial charge in [0, 0.05) is 19.2 Å². The van der Waals surface area contributed by atoms with Gasteiger partial charge in [0.1, 0.15) is 17.9 Å². The zero-order chi connectivity index (χ0) is 17.6. The number of carbonyl (C=O) groups excluding carboxylic acids is 1. The van der Waals surface area contributed by atoms with Crippen LogP contribution in [0.25, 0.3) is 0 Å². The van der Waals surface area contributed by atoms with Gasteiger partial charge in [-0.2, -0.15) is 0 Å². The Balaban J connectivity index is 1.55. The molecule has 0 aliphatic carbocycles. The molecule has 0 unspecified atom stereocenters. The first kappa shape index (κ1) is 17.2. The van der Waals surface area contributed by atoms with Gasteiger partial charge < -0.3 is 13.9 Å². The molecule has 3 aromatic rings. The van der Waals surface area contributed by atoms with Crippen molar-refractivity contribution < 1.29 is 13.6 Å². The van der Waals surface area contributed by atoms with Crippen molar-refractivity contribution in [3.63, 3.8) is 0 Å². The van der Waals surface area contributed by atoms with E-state index in [-0.39, 0.29) is 24.0 Å². The Morgan fingerprint density at radius 2 is 2.16 bits per heavy atom. The van der Waals surface area contributed by atoms with Crippen LogP contribution >= 0.6 is 11.8 Å². The third-order valence-electron chi connectivity index (χ3n) is 3.60. The maximum atomic E-state index is 13.7. The second kappa shape index (κ2) is 7.98. The topological polar surface area (TPSA) is 64.2 Å². The lowest BCUT2D eigenvalue weighted by Crippen LogP contribution is -2.28. The molecule has 0 aliphatic heterocycles.